The Morgan fingerprint density at radius 3 is 2.54 bits per heavy atom. The van der Waals surface area contributed by atoms with Gasteiger partial charge >= 0.3 is 0 Å². The van der Waals surface area contributed by atoms with Crippen LogP contribution in [0.4, 0.5) is 11.4 Å². The molecule has 1 aromatic carbocycles. The maximum absolute atomic E-state index is 12.5. The number of nitro groups is 1. The number of hydrogen-bond acceptors (Lipinski definition) is 5. The molecule has 0 aromatic heterocycles. The van der Waals surface area contributed by atoms with Gasteiger partial charge in [-0.05, 0) is 31.9 Å². The van der Waals surface area contributed by atoms with E-state index < -0.39 is 0 Å². The second-order valence-corrected chi connectivity index (χ2v) is 7.99. The van der Waals surface area contributed by atoms with Crippen molar-refractivity contribution in [1.82, 2.24) is 10.2 Å². The Hall–Kier alpha value is -1.67. The molecule has 1 aliphatic heterocycles. The molecule has 8 heteroatoms. The number of anilines is 1. The number of nitro benzene ring substituents is 1. The molecule has 0 spiro atoms. The van der Waals surface area contributed by atoms with Gasteiger partial charge in [0.1, 0.15) is 5.69 Å². The quantitative estimate of drug-likeness (QED) is 0.580. The van der Waals surface area contributed by atoms with E-state index in [0.29, 0.717) is 42.4 Å². The summed E-state index contributed by atoms with van der Waals surface area (Å²) in [5, 5.41) is 14.5. The summed E-state index contributed by atoms with van der Waals surface area (Å²) in [5.74, 6) is 0.0972. The predicted octanol–water partition coefficient (Wildman–Crippen LogP) is 2.93. The molecule has 0 radical (unpaired) electrons. The smallest absolute Gasteiger partial charge is 0.293 e. The van der Waals surface area contributed by atoms with Crippen molar-refractivity contribution < 1.29 is 9.72 Å². The first kappa shape index (κ1) is 19.1. The summed E-state index contributed by atoms with van der Waals surface area (Å²) in [6.07, 6.45) is 4.56. The Morgan fingerprint density at radius 1 is 1.27 bits per heavy atom. The van der Waals surface area contributed by atoms with Crippen molar-refractivity contribution in [3.05, 3.63) is 32.8 Å². The highest BCUT2D eigenvalue weighted by atomic mass is 79.9. The molecule has 7 nitrogen and oxygen atoms in total. The topological polar surface area (TPSA) is 78.7 Å². The molecular weight excluding hydrogens is 400 g/mol. The van der Waals surface area contributed by atoms with E-state index in [1.807, 2.05) is 17.9 Å². The lowest BCUT2D eigenvalue weighted by Crippen LogP contribution is -2.55. The van der Waals surface area contributed by atoms with E-state index >= 15 is 0 Å². The number of rotatable bonds is 5. The molecule has 2 fully saturated rings. The molecule has 1 saturated carbocycles. The third kappa shape index (κ3) is 4.35. The van der Waals surface area contributed by atoms with Crippen LogP contribution in [0.15, 0.2) is 22.7 Å². The van der Waals surface area contributed by atoms with E-state index in [2.05, 4.69) is 26.1 Å². The van der Waals surface area contributed by atoms with Gasteiger partial charge in [0.25, 0.3) is 5.69 Å². The van der Waals surface area contributed by atoms with Crippen molar-refractivity contribution in [3.63, 3.8) is 0 Å². The van der Waals surface area contributed by atoms with E-state index in [9.17, 15) is 14.9 Å². The number of halogens is 1. The molecule has 3 rings (SSSR count). The minimum absolute atomic E-state index is 0.0972. The Kier molecular flexibility index (Phi) is 6.13. The Bertz CT molecular complexity index is 670. The number of carbonyl (C=O) groups excluding carboxylic acids is 1. The van der Waals surface area contributed by atoms with Gasteiger partial charge in [-0.2, -0.15) is 0 Å². The zero-order chi connectivity index (χ0) is 18.7. The van der Waals surface area contributed by atoms with Gasteiger partial charge in [-0.3, -0.25) is 19.8 Å². The molecule has 1 N–H and O–H groups in total. The third-order valence-electron chi connectivity index (χ3n) is 5.42. The fourth-order valence-electron chi connectivity index (χ4n) is 3.82. The van der Waals surface area contributed by atoms with Gasteiger partial charge in [-0.15, -0.1) is 0 Å². The summed E-state index contributed by atoms with van der Waals surface area (Å²) in [6.45, 7) is 4.72. The summed E-state index contributed by atoms with van der Waals surface area (Å²) >= 11 is 3.29. The zero-order valence-corrected chi connectivity index (χ0v) is 16.6. The summed E-state index contributed by atoms with van der Waals surface area (Å²) in [4.78, 5) is 27.7. The number of nitrogens with one attached hydrogen (secondary N) is 1. The van der Waals surface area contributed by atoms with E-state index in [4.69, 9.17) is 0 Å². The van der Waals surface area contributed by atoms with E-state index in [-0.39, 0.29) is 22.6 Å². The Labute approximate surface area is 162 Å². The van der Waals surface area contributed by atoms with Crippen molar-refractivity contribution in [1.29, 1.82) is 0 Å². The highest BCUT2D eigenvalue weighted by molar-refractivity contribution is 9.10. The fourth-order valence-corrected chi connectivity index (χ4v) is 4.17. The number of hydrogen-bond donors (Lipinski definition) is 1. The van der Waals surface area contributed by atoms with Crippen LogP contribution >= 0.6 is 15.9 Å². The summed E-state index contributed by atoms with van der Waals surface area (Å²) in [7, 11) is 0. The molecule has 1 unspecified atom stereocenters. The normalized spacial score (nSPS) is 20.2. The van der Waals surface area contributed by atoms with Crippen LogP contribution in [0.1, 0.15) is 32.6 Å². The third-order valence-corrected chi connectivity index (χ3v) is 5.91. The molecular formula is C18H25BrN4O3. The standard InChI is InChI=1S/C18H25BrN4O3/c1-13(18(24)20-15-4-2-3-5-15)21-8-10-22(11-9-21)16-7-6-14(19)12-17(16)23(25)26/h6-7,12-13,15H,2-5,8-11H2,1H3,(H,20,24). The second-order valence-electron chi connectivity index (χ2n) is 7.08. The first-order chi connectivity index (χ1) is 12.5. The van der Waals surface area contributed by atoms with Crippen LogP contribution < -0.4 is 10.2 Å². The molecule has 1 amide bonds. The van der Waals surface area contributed by atoms with Crippen LogP contribution in [0, 0.1) is 10.1 Å². The highest BCUT2D eigenvalue weighted by Crippen LogP contribution is 2.32. The first-order valence-corrected chi connectivity index (χ1v) is 9.98. The second kappa shape index (κ2) is 8.35. The maximum atomic E-state index is 12.5. The molecule has 0 bridgehead atoms. The van der Waals surface area contributed by atoms with Crippen LogP contribution in [-0.2, 0) is 4.79 Å². The first-order valence-electron chi connectivity index (χ1n) is 9.19. The minimum atomic E-state index is -0.343. The molecule has 1 saturated heterocycles. The van der Waals surface area contributed by atoms with E-state index in [1.165, 1.54) is 12.8 Å². The van der Waals surface area contributed by atoms with Crippen LogP contribution in [-0.4, -0.2) is 54.0 Å². The Morgan fingerprint density at radius 2 is 1.92 bits per heavy atom. The number of amides is 1. The lowest BCUT2D eigenvalue weighted by Gasteiger charge is -2.38. The van der Waals surface area contributed by atoms with E-state index in [0.717, 1.165) is 12.8 Å². The summed E-state index contributed by atoms with van der Waals surface area (Å²) in [5.41, 5.74) is 0.751. The molecule has 1 atom stereocenters. The summed E-state index contributed by atoms with van der Waals surface area (Å²) in [6, 6.07) is 5.31. The molecule has 2 aliphatic rings. The molecule has 26 heavy (non-hydrogen) atoms. The van der Waals surface area contributed by atoms with Gasteiger partial charge < -0.3 is 10.2 Å². The Balaban J connectivity index is 1.58. The van der Waals surface area contributed by atoms with Gasteiger partial charge in [-0.1, -0.05) is 28.8 Å². The number of nitrogens with zero attached hydrogens (tertiary/aromatic N) is 3. The van der Waals surface area contributed by atoms with Crippen LogP contribution in [0.25, 0.3) is 0 Å². The van der Waals surface area contributed by atoms with Crippen molar-refractivity contribution in [2.75, 3.05) is 31.1 Å². The van der Waals surface area contributed by atoms with Gasteiger partial charge in [-0.25, -0.2) is 0 Å². The molecule has 1 aliphatic carbocycles. The van der Waals surface area contributed by atoms with Crippen molar-refractivity contribution in [2.24, 2.45) is 0 Å². The van der Waals surface area contributed by atoms with Gasteiger partial charge in [0, 0.05) is 42.8 Å². The molecule has 142 valence electrons. The highest BCUT2D eigenvalue weighted by Gasteiger charge is 2.29. The number of benzene rings is 1. The lowest BCUT2D eigenvalue weighted by atomic mass is 10.1. The average Bonchev–Trinajstić information content (AvgIpc) is 3.14. The van der Waals surface area contributed by atoms with Gasteiger partial charge in [0.15, 0.2) is 0 Å². The number of carbonyl (C=O) groups is 1. The van der Waals surface area contributed by atoms with Crippen LogP contribution in [0.5, 0.6) is 0 Å². The maximum Gasteiger partial charge on any atom is 0.293 e. The minimum Gasteiger partial charge on any atom is -0.363 e. The van der Waals surface area contributed by atoms with Gasteiger partial charge in [0.2, 0.25) is 5.91 Å². The predicted molar refractivity (Wildman–Crippen MR) is 104 cm³/mol. The van der Waals surface area contributed by atoms with Crippen LogP contribution in [0.2, 0.25) is 0 Å². The monoisotopic (exact) mass is 424 g/mol. The molecule has 1 heterocycles. The number of piperazine rings is 1. The van der Waals surface area contributed by atoms with Crippen molar-refractivity contribution >= 4 is 33.2 Å². The largest absolute Gasteiger partial charge is 0.363 e. The van der Waals surface area contributed by atoms with Gasteiger partial charge in [0.05, 0.1) is 11.0 Å². The molecule has 1 aromatic rings. The summed E-state index contributed by atoms with van der Waals surface area (Å²) < 4.78 is 0.698. The zero-order valence-electron chi connectivity index (χ0n) is 15.0. The van der Waals surface area contributed by atoms with Crippen molar-refractivity contribution in [2.45, 2.75) is 44.7 Å². The average molecular weight is 425 g/mol. The van der Waals surface area contributed by atoms with E-state index in [1.54, 1.807) is 12.1 Å². The lowest BCUT2D eigenvalue weighted by molar-refractivity contribution is -0.384. The van der Waals surface area contributed by atoms with Crippen molar-refractivity contribution in [3.8, 4) is 0 Å². The van der Waals surface area contributed by atoms with Crippen LogP contribution in [0.3, 0.4) is 0 Å². The SMILES string of the molecule is CC(C(=O)NC1CCCC1)N1CCN(c2ccc(Br)cc2[N+](=O)[O-])CC1. The fraction of sp³-hybridized carbons (Fsp3) is 0.611.